The van der Waals surface area contributed by atoms with Gasteiger partial charge in [-0.2, -0.15) is 0 Å². The van der Waals surface area contributed by atoms with Gasteiger partial charge in [-0.15, -0.1) is 0 Å². The fourth-order valence-electron chi connectivity index (χ4n) is 4.53. The first-order chi connectivity index (χ1) is 14.5. The zero-order chi connectivity index (χ0) is 20.8. The highest BCUT2D eigenvalue weighted by atomic mass is 35.5. The van der Waals surface area contributed by atoms with E-state index in [9.17, 15) is 4.79 Å². The molecule has 2 aliphatic rings. The molecule has 1 unspecified atom stereocenters. The molecule has 2 aromatic carbocycles. The van der Waals surface area contributed by atoms with E-state index in [2.05, 4.69) is 15.5 Å². The molecule has 0 bridgehead atoms. The van der Waals surface area contributed by atoms with Gasteiger partial charge in [0.05, 0.1) is 17.6 Å². The van der Waals surface area contributed by atoms with Crippen LogP contribution in [0.1, 0.15) is 42.1 Å². The molecule has 1 saturated heterocycles. The number of aromatic nitrogens is 2. The van der Waals surface area contributed by atoms with Gasteiger partial charge in [0.25, 0.3) is 0 Å². The molecule has 5 nitrogen and oxygen atoms in total. The third-order valence-electron chi connectivity index (χ3n) is 6.19. The van der Waals surface area contributed by atoms with Crippen molar-refractivity contribution >= 4 is 28.5 Å². The second kappa shape index (κ2) is 7.62. The standard InChI is InChI=1S/C24H26ClN3O2/c1-15-11-19(12-16(2)23(15)25)30-10-9-27-21-6-4-3-5-20(21)26-24(27)17-13-22(29)28(14-17)18-7-8-18/h3-6,11-12,17-18H,7-10,13-14H2,1-2H3. The van der Waals surface area contributed by atoms with Crippen LogP contribution >= 0.6 is 11.6 Å². The van der Waals surface area contributed by atoms with E-state index in [0.29, 0.717) is 25.6 Å². The minimum absolute atomic E-state index is 0.144. The number of hydrogen-bond acceptors (Lipinski definition) is 3. The lowest BCUT2D eigenvalue weighted by Crippen LogP contribution is -2.27. The number of hydrogen-bond donors (Lipinski definition) is 0. The summed E-state index contributed by atoms with van der Waals surface area (Å²) >= 11 is 6.27. The fourth-order valence-corrected chi connectivity index (χ4v) is 4.64. The van der Waals surface area contributed by atoms with Crippen molar-refractivity contribution in [3.8, 4) is 5.75 Å². The molecule has 2 fully saturated rings. The van der Waals surface area contributed by atoms with Gasteiger partial charge < -0.3 is 14.2 Å². The highest BCUT2D eigenvalue weighted by molar-refractivity contribution is 6.32. The molecule has 0 radical (unpaired) electrons. The molecule has 6 heteroatoms. The second-order valence-corrected chi connectivity index (χ2v) is 8.89. The van der Waals surface area contributed by atoms with Crippen molar-refractivity contribution in [1.82, 2.24) is 14.5 Å². The molecule has 0 spiro atoms. The highest BCUT2D eigenvalue weighted by Gasteiger charge is 2.41. The summed E-state index contributed by atoms with van der Waals surface area (Å²) in [5, 5.41) is 0.788. The molecule has 1 aliphatic carbocycles. The molecule has 5 rings (SSSR count). The van der Waals surface area contributed by atoms with E-state index in [1.807, 2.05) is 44.2 Å². The number of ether oxygens (including phenoxy) is 1. The lowest BCUT2D eigenvalue weighted by molar-refractivity contribution is -0.128. The summed E-state index contributed by atoms with van der Waals surface area (Å²) in [6.45, 7) is 5.98. The molecule has 3 aromatic rings. The number of nitrogens with zero attached hydrogens (tertiary/aromatic N) is 3. The molecule has 30 heavy (non-hydrogen) atoms. The average Bonchev–Trinajstić information content (AvgIpc) is 3.40. The van der Waals surface area contributed by atoms with Crippen LogP contribution in [0.5, 0.6) is 5.75 Å². The number of benzene rings is 2. The Morgan fingerprint density at radius 1 is 1.17 bits per heavy atom. The smallest absolute Gasteiger partial charge is 0.223 e. The van der Waals surface area contributed by atoms with E-state index < -0.39 is 0 Å². The van der Waals surface area contributed by atoms with E-state index in [1.54, 1.807) is 0 Å². The SMILES string of the molecule is Cc1cc(OCCn2c(C3CC(=O)N(C4CC4)C3)nc3ccccc32)cc(C)c1Cl. The van der Waals surface area contributed by atoms with Crippen molar-refractivity contribution in [1.29, 1.82) is 0 Å². The van der Waals surface area contributed by atoms with Crippen LogP contribution in [0.4, 0.5) is 0 Å². The van der Waals surface area contributed by atoms with Crippen LogP contribution in [0.15, 0.2) is 36.4 Å². The number of carbonyl (C=O) groups is 1. The number of halogens is 1. The van der Waals surface area contributed by atoms with Crippen LogP contribution in [0.2, 0.25) is 5.02 Å². The number of fused-ring (bicyclic) bond motifs is 1. The molecule has 2 heterocycles. The Balaban J connectivity index is 1.38. The van der Waals surface area contributed by atoms with Gasteiger partial charge in [0.2, 0.25) is 5.91 Å². The van der Waals surface area contributed by atoms with E-state index in [0.717, 1.165) is 58.1 Å². The van der Waals surface area contributed by atoms with E-state index in [-0.39, 0.29) is 11.8 Å². The number of imidazole rings is 1. The van der Waals surface area contributed by atoms with Crippen molar-refractivity contribution < 1.29 is 9.53 Å². The van der Waals surface area contributed by atoms with Crippen molar-refractivity contribution in [3.05, 3.63) is 58.4 Å². The van der Waals surface area contributed by atoms with Crippen LogP contribution < -0.4 is 4.74 Å². The van der Waals surface area contributed by atoms with Crippen molar-refractivity contribution in [2.45, 2.75) is 51.6 Å². The summed E-state index contributed by atoms with van der Waals surface area (Å²) in [6, 6.07) is 12.6. The first-order valence-corrected chi connectivity index (χ1v) is 11.0. The van der Waals surface area contributed by atoms with Gasteiger partial charge in [-0.05, 0) is 62.1 Å². The first-order valence-electron chi connectivity index (χ1n) is 10.7. The molecule has 1 saturated carbocycles. The molecule has 1 amide bonds. The maximum atomic E-state index is 12.5. The minimum Gasteiger partial charge on any atom is -0.492 e. The predicted octanol–water partition coefficient (Wildman–Crippen LogP) is 4.86. The van der Waals surface area contributed by atoms with Gasteiger partial charge in [-0.3, -0.25) is 4.79 Å². The highest BCUT2D eigenvalue weighted by Crippen LogP contribution is 2.37. The molecule has 1 aromatic heterocycles. The summed E-state index contributed by atoms with van der Waals surface area (Å²) in [5.41, 5.74) is 4.11. The number of amides is 1. The van der Waals surface area contributed by atoms with Gasteiger partial charge in [-0.1, -0.05) is 23.7 Å². The van der Waals surface area contributed by atoms with Crippen molar-refractivity contribution in [2.75, 3.05) is 13.2 Å². The Labute approximate surface area is 181 Å². The molecule has 0 N–H and O–H groups in total. The minimum atomic E-state index is 0.144. The number of likely N-dealkylation sites (tertiary alicyclic amines) is 1. The summed E-state index contributed by atoms with van der Waals surface area (Å²) in [7, 11) is 0. The molecular weight excluding hydrogens is 398 g/mol. The summed E-state index contributed by atoms with van der Waals surface area (Å²) in [6.07, 6.45) is 2.83. The normalized spacial score (nSPS) is 19.1. The maximum absolute atomic E-state index is 12.5. The molecule has 156 valence electrons. The Bertz CT molecular complexity index is 1100. The largest absolute Gasteiger partial charge is 0.492 e. The Hall–Kier alpha value is -2.53. The summed E-state index contributed by atoms with van der Waals surface area (Å²) in [5.74, 6) is 2.24. The van der Waals surface area contributed by atoms with Gasteiger partial charge in [-0.25, -0.2) is 4.98 Å². The van der Waals surface area contributed by atoms with Gasteiger partial charge in [0.1, 0.15) is 18.2 Å². The monoisotopic (exact) mass is 423 g/mol. The van der Waals surface area contributed by atoms with Crippen LogP contribution in [0, 0.1) is 13.8 Å². The fraction of sp³-hybridized carbons (Fsp3) is 0.417. The topological polar surface area (TPSA) is 47.4 Å². The first kappa shape index (κ1) is 19.4. The maximum Gasteiger partial charge on any atom is 0.223 e. The van der Waals surface area contributed by atoms with Gasteiger partial charge in [0, 0.05) is 29.9 Å². The van der Waals surface area contributed by atoms with E-state index in [4.69, 9.17) is 21.3 Å². The van der Waals surface area contributed by atoms with E-state index >= 15 is 0 Å². The van der Waals surface area contributed by atoms with Gasteiger partial charge in [0.15, 0.2) is 0 Å². The zero-order valence-electron chi connectivity index (χ0n) is 17.4. The van der Waals surface area contributed by atoms with Crippen LogP contribution in [-0.2, 0) is 11.3 Å². The number of rotatable bonds is 6. The Kier molecular flexibility index (Phi) is 4.94. The third-order valence-corrected chi connectivity index (χ3v) is 6.79. The molecule has 1 atom stereocenters. The van der Waals surface area contributed by atoms with Crippen LogP contribution in [0.3, 0.4) is 0 Å². The predicted molar refractivity (Wildman–Crippen MR) is 118 cm³/mol. The average molecular weight is 424 g/mol. The summed E-state index contributed by atoms with van der Waals surface area (Å²) in [4.78, 5) is 19.5. The quantitative estimate of drug-likeness (QED) is 0.568. The number of para-hydroxylation sites is 2. The van der Waals surface area contributed by atoms with Crippen molar-refractivity contribution in [2.24, 2.45) is 0 Å². The van der Waals surface area contributed by atoms with Crippen LogP contribution in [-0.4, -0.2) is 39.6 Å². The second-order valence-electron chi connectivity index (χ2n) is 8.51. The zero-order valence-corrected chi connectivity index (χ0v) is 18.2. The molecule has 1 aliphatic heterocycles. The summed E-state index contributed by atoms with van der Waals surface area (Å²) < 4.78 is 8.30. The Morgan fingerprint density at radius 3 is 2.63 bits per heavy atom. The Morgan fingerprint density at radius 2 is 1.90 bits per heavy atom. The van der Waals surface area contributed by atoms with Gasteiger partial charge >= 0.3 is 0 Å². The van der Waals surface area contributed by atoms with E-state index in [1.165, 1.54) is 0 Å². The lowest BCUT2D eigenvalue weighted by Gasteiger charge is -2.17. The molecular formula is C24H26ClN3O2. The lowest BCUT2D eigenvalue weighted by atomic mass is 10.1. The number of aryl methyl sites for hydroxylation is 2. The van der Waals surface area contributed by atoms with Crippen LogP contribution in [0.25, 0.3) is 11.0 Å². The number of carbonyl (C=O) groups excluding carboxylic acids is 1. The van der Waals surface area contributed by atoms with Crippen molar-refractivity contribution in [3.63, 3.8) is 0 Å². The third kappa shape index (κ3) is 3.56.